The molecule has 0 aliphatic rings. The van der Waals surface area contributed by atoms with E-state index in [-0.39, 0.29) is 17.5 Å². The van der Waals surface area contributed by atoms with Crippen molar-refractivity contribution >= 4 is 6.03 Å². The summed E-state index contributed by atoms with van der Waals surface area (Å²) in [7, 11) is 0. The smallest absolute Gasteiger partial charge is 0.315 e. The van der Waals surface area contributed by atoms with E-state index in [4.69, 9.17) is 4.74 Å². The summed E-state index contributed by atoms with van der Waals surface area (Å²) in [5, 5.41) is 5.73. The van der Waals surface area contributed by atoms with Crippen molar-refractivity contribution in [3.8, 4) is 5.75 Å². The Morgan fingerprint density at radius 3 is 2.28 bits per heavy atom. The van der Waals surface area contributed by atoms with E-state index in [2.05, 4.69) is 43.5 Å². The molecule has 4 heteroatoms. The number of hydrogen-bond donors (Lipinski definition) is 2. The summed E-state index contributed by atoms with van der Waals surface area (Å²) in [4.78, 5) is 11.9. The molecular weight excluding hydrogens is 312 g/mol. The van der Waals surface area contributed by atoms with Gasteiger partial charge in [0.2, 0.25) is 0 Å². The van der Waals surface area contributed by atoms with Crippen LogP contribution in [0.2, 0.25) is 0 Å². The van der Waals surface area contributed by atoms with Gasteiger partial charge in [0.25, 0.3) is 0 Å². The number of benzene rings is 2. The molecule has 2 aromatic carbocycles. The normalized spacial score (nSPS) is 12.3. The molecule has 25 heavy (non-hydrogen) atoms. The zero-order chi connectivity index (χ0) is 18.3. The van der Waals surface area contributed by atoms with Gasteiger partial charge < -0.3 is 15.4 Å². The van der Waals surface area contributed by atoms with Gasteiger partial charge in [0.05, 0.1) is 12.6 Å². The Labute approximate surface area is 150 Å². The second-order valence-electron chi connectivity index (χ2n) is 7.16. The molecule has 2 aromatic rings. The first-order valence-corrected chi connectivity index (χ1v) is 8.69. The van der Waals surface area contributed by atoms with Crippen LogP contribution in [-0.2, 0) is 5.41 Å². The summed E-state index contributed by atoms with van der Waals surface area (Å²) < 4.78 is 5.67. The monoisotopic (exact) mass is 340 g/mol. The zero-order valence-corrected chi connectivity index (χ0v) is 15.5. The van der Waals surface area contributed by atoms with Crippen molar-refractivity contribution < 1.29 is 9.53 Å². The van der Waals surface area contributed by atoms with Gasteiger partial charge in [0.1, 0.15) is 12.4 Å². The predicted molar refractivity (Wildman–Crippen MR) is 102 cm³/mol. The third-order valence-electron chi connectivity index (χ3n) is 4.02. The van der Waals surface area contributed by atoms with E-state index in [0.29, 0.717) is 13.2 Å². The molecule has 2 amide bonds. The SMILES string of the molecule is CC(NC(=O)NCCOc1ccc(C(C)(C)C)cc1)c1ccccc1. The number of carbonyl (C=O) groups excluding carboxylic acids is 1. The van der Waals surface area contributed by atoms with Crippen LogP contribution < -0.4 is 15.4 Å². The van der Waals surface area contributed by atoms with Crippen LogP contribution in [0, 0.1) is 0 Å². The highest BCUT2D eigenvalue weighted by atomic mass is 16.5. The molecule has 1 unspecified atom stereocenters. The largest absolute Gasteiger partial charge is 0.492 e. The molecule has 0 spiro atoms. The average Bonchev–Trinajstić information content (AvgIpc) is 2.59. The zero-order valence-electron chi connectivity index (χ0n) is 15.5. The first-order valence-electron chi connectivity index (χ1n) is 8.69. The molecule has 0 saturated carbocycles. The third kappa shape index (κ3) is 6.14. The van der Waals surface area contributed by atoms with Gasteiger partial charge in [-0.15, -0.1) is 0 Å². The van der Waals surface area contributed by atoms with Crippen molar-refractivity contribution in [3.63, 3.8) is 0 Å². The van der Waals surface area contributed by atoms with Gasteiger partial charge in [-0.25, -0.2) is 4.79 Å². The van der Waals surface area contributed by atoms with Crippen LogP contribution in [0.3, 0.4) is 0 Å². The molecule has 0 heterocycles. The number of hydrogen-bond acceptors (Lipinski definition) is 2. The van der Waals surface area contributed by atoms with E-state index >= 15 is 0 Å². The molecule has 0 aromatic heterocycles. The first-order chi connectivity index (χ1) is 11.9. The number of ether oxygens (including phenoxy) is 1. The topological polar surface area (TPSA) is 50.4 Å². The lowest BCUT2D eigenvalue weighted by atomic mass is 9.87. The second-order valence-corrected chi connectivity index (χ2v) is 7.16. The van der Waals surface area contributed by atoms with Crippen LogP contribution in [-0.4, -0.2) is 19.2 Å². The fraction of sp³-hybridized carbons (Fsp3) is 0.381. The Morgan fingerprint density at radius 1 is 1.04 bits per heavy atom. The summed E-state index contributed by atoms with van der Waals surface area (Å²) in [6, 6.07) is 17.8. The fourth-order valence-electron chi connectivity index (χ4n) is 2.46. The molecule has 0 aliphatic carbocycles. The van der Waals surface area contributed by atoms with Gasteiger partial charge >= 0.3 is 6.03 Å². The highest BCUT2D eigenvalue weighted by Crippen LogP contribution is 2.24. The van der Waals surface area contributed by atoms with Crippen LogP contribution in [0.1, 0.15) is 44.9 Å². The van der Waals surface area contributed by atoms with Gasteiger partial charge in [-0.3, -0.25) is 0 Å². The van der Waals surface area contributed by atoms with Gasteiger partial charge in [-0.2, -0.15) is 0 Å². The minimum atomic E-state index is -0.192. The van der Waals surface area contributed by atoms with Crippen molar-refractivity contribution in [2.45, 2.75) is 39.2 Å². The molecule has 134 valence electrons. The molecule has 0 fully saturated rings. The number of urea groups is 1. The molecule has 2 N–H and O–H groups in total. The number of rotatable bonds is 6. The Hall–Kier alpha value is -2.49. The lowest BCUT2D eigenvalue weighted by Gasteiger charge is -2.19. The highest BCUT2D eigenvalue weighted by Gasteiger charge is 2.13. The molecule has 1 atom stereocenters. The molecule has 0 aliphatic heterocycles. The highest BCUT2D eigenvalue weighted by molar-refractivity contribution is 5.74. The average molecular weight is 340 g/mol. The van der Waals surface area contributed by atoms with E-state index in [9.17, 15) is 4.79 Å². The van der Waals surface area contributed by atoms with Crippen LogP contribution in [0.15, 0.2) is 54.6 Å². The first kappa shape index (κ1) is 18.8. The van der Waals surface area contributed by atoms with E-state index in [1.807, 2.05) is 49.4 Å². The maximum atomic E-state index is 11.9. The van der Waals surface area contributed by atoms with Crippen molar-refractivity contribution in [2.24, 2.45) is 0 Å². The maximum absolute atomic E-state index is 11.9. The third-order valence-corrected chi connectivity index (χ3v) is 4.02. The minimum absolute atomic E-state index is 0.0351. The summed E-state index contributed by atoms with van der Waals surface area (Å²) in [5.41, 5.74) is 2.48. The van der Waals surface area contributed by atoms with Gasteiger partial charge in [-0.1, -0.05) is 63.2 Å². The molecule has 2 rings (SSSR count). The van der Waals surface area contributed by atoms with Crippen LogP contribution >= 0.6 is 0 Å². The van der Waals surface area contributed by atoms with E-state index in [0.717, 1.165) is 11.3 Å². The summed E-state index contributed by atoms with van der Waals surface area (Å²) in [6.07, 6.45) is 0. The summed E-state index contributed by atoms with van der Waals surface area (Å²) >= 11 is 0. The summed E-state index contributed by atoms with van der Waals surface area (Å²) in [5.74, 6) is 0.813. The lowest BCUT2D eigenvalue weighted by Crippen LogP contribution is -2.38. The minimum Gasteiger partial charge on any atom is -0.492 e. The Bertz CT molecular complexity index is 661. The quantitative estimate of drug-likeness (QED) is 0.765. The molecule has 0 radical (unpaired) electrons. The van der Waals surface area contributed by atoms with Crippen molar-refractivity contribution in [3.05, 3.63) is 65.7 Å². The van der Waals surface area contributed by atoms with Crippen molar-refractivity contribution in [2.75, 3.05) is 13.2 Å². The van der Waals surface area contributed by atoms with Crippen LogP contribution in [0.25, 0.3) is 0 Å². The van der Waals surface area contributed by atoms with Crippen molar-refractivity contribution in [1.29, 1.82) is 0 Å². The standard InChI is InChI=1S/C21H28N2O2/c1-16(17-8-6-5-7-9-17)23-20(24)22-14-15-25-19-12-10-18(11-13-19)21(2,3)4/h5-13,16H,14-15H2,1-4H3,(H2,22,23,24). The van der Waals surface area contributed by atoms with E-state index < -0.39 is 0 Å². The van der Waals surface area contributed by atoms with Crippen LogP contribution in [0.4, 0.5) is 4.79 Å². The molecule has 0 bridgehead atoms. The Kier molecular flexibility index (Phi) is 6.45. The Balaban J connectivity index is 1.69. The van der Waals surface area contributed by atoms with Crippen molar-refractivity contribution in [1.82, 2.24) is 10.6 Å². The number of amides is 2. The van der Waals surface area contributed by atoms with E-state index in [1.54, 1.807) is 0 Å². The van der Waals surface area contributed by atoms with E-state index in [1.165, 1.54) is 5.56 Å². The molecule has 4 nitrogen and oxygen atoms in total. The molecule has 0 saturated heterocycles. The Morgan fingerprint density at radius 2 is 1.68 bits per heavy atom. The van der Waals surface area contributed by atoms with Gasteiger partial charge in [0.15, 0.2) is 0 Å². The second kappa shape index (κ2) is 8.56. The van der Waals surface area contributed by atoms with Crippen LogP contribution in [0.5, 0.6) is 5.75 Å². The van der Waals surface area contributed by atoms with Gasteiger partial charge in [0, 0.05) is 0 Å². The maximum Gasteiger partial charge on any atom is 0.315 e. The number of carbonyl (C=O) groups is 1. The summed E-state index contributed by atoms with van der Waals surface area (Å²) in [6.45, 7) is 9.39. The van der Waals surface area contributed by atoms with Gasteiger partial charge in [-0.05, 0) is 35.6 Å². The predicted octanol–water partition coefficient (Wildman–Crippen LogP) is 4.42. The lowest BCUT2D eigenvalue weighted by molar-refractivity contribution is 0.233. The fourth-order valence-corrected chi connectivity index (χ4v) is 2.46. The number of nitrogens with one attached hydrogen (secondary N) is 2. The molecular formula is C21H28N2O2.